The number of oxime groups is 1. The van der Waals surface area contributed by atoms with E-state index >= 15 is 0 Å². The normalized spacial score (nSPS) is 12.8. The molecule has 0 spiro atoms. The van der Waals surface area contributed by atoms with Gasteiger partial charge in [-0.25, -0.2) is 9.59 Å². The first-order valence-corrected chi connectivity index (χ1v) is 9.12. The molecule has 14 heteroatoms. The van der Waals surface area contributed by atoms with E-state index in [4.69, 9.17) is 0 Å². The Bertz CT molecular complexity index is 927. The van der Waals surface area contributed by atoms with Gasteiger partial charge in [0.25, 0.3) is 0 Å². The molecule has 0 aliphatic carbocycles. The largest absolute Gasteiger partial charge is 0.478 e. The number of halogens is 5. The molecule has 0 aliphatic heterocycles. The SMILES string of the molecule is C=C(C)C(=O)OCCOC(=O)C(F)(F)S(=O)(=O)O/N=C(/c1ccccc1)C(F)(F)F. The summed E-state index contributed by atoms with van der Waals surface area (Å²) in [4.78, 5) is 22.4. The molecule has 0 unspecified atom stereocenters. The number of nitrogens with zero attached hydrogens (tertiary/aromatic N) is 1. The molecule has 0 heterocycles. The fraction of sp³-hybridized carbons (Fsp3) is 0.312. The highest BCUT2D eigenvalue weighted by molar-refractivity contribution is 7.88. The van der Waals surface area contributed by atoms with Gasteiger partial charge in [-0.2, -0.15) is 30.4 Å². The Morgan fingerprint density at radius 1 is 1.03 bits per heavy atom. The second kappa shape index (κ2) is 9.65. The molecule has 0 atom stereocenters. The van der Waals surface area contributed by atoms with Gasteiger partial charge in [-0.1, -0.05) is 42.1 Å². The van der Waals surface area contributed by atoms with Crippen molar-refractivity contribution in [3.8, 4) is 0 Å². The first-order chi connectivity index (χ1) is 13.7. The quantitative estimate of drug-likeness (QED) is 0.139. The van der Waals surface area contributed by atoms with Gasteiger partial charge >= 0.3 is 33.5 Å². The van der Waals surface area contributed by atoms with E-state index in [1.807, 2.05) is 0 Å². The maximum atomic E-state index is 13.8. The number of rotatable bonds is 9. The molecule has 0 radical (unpaired) electrons. The van der Waals surface area contributed by atoms with E-state index in [9.17, 15) is 40.0 Å². The predicted octanol–water partition coefficient (Wildman–Crippen LogP) is 2.55. The van der Waals surface area contributed by atoms with Crippen LogP contribution in [0.15, 0.2) is 47.6 Å². The molecular weight excluding hydrogens is 445 g/mol. The van der Waals surface area contributed by atoms with Crippen LogP contribution in [0.3, 0.4) is 0 Å². The highest BCUT2D eigenvalue weighted by Gasteiger charge is 2.57. The van der Waals surface area contributed by atoms with E-state index in [1.54, 1.807) is 0 Å². The van der Waals surface area contributed by atoms with Gasteiger partial charge in [0.2, 0.25) is 0 Å². The van der Waals surface area contributed by atoms with Crippen LogP contribution in [0, 0.1) is 0 Å². The third kappa shape index (κ3) is 6.50. The Kier molecular flexibility index (Phi) is 8.04. The minimum absolute atomic E-state index is 0.0422. The van der Waals surface area contributed by atoms with Gasteiger partial charge < -0.3 is 9.47 Å². The molecule has 30 heavy (non-hydrogen) atoms. The standard InChI is InChI=1S/C16H14F5NO7S/c1-10(2)13(23)27-8-9-28-14(24)16(20,21)30(25,26)29-22-12(15(17,18)19)11-6-4-3-5-7-11/h3-7H,1,8-9H2,2H3/b22-12-. The molecular formula is C16H14F5NO7S. The van der Waals surface area contributed by atoms with Gasteiger partial charge in [0.1, 0.15) is 13.2 Å². The summed E-state index contributed by atoms with van der Waals surface area (Å²) >= 11 is 0. The van der Waals surface area contributed by atoms with Crippen molar-refractivity contribution in [2.24, 2.45) is 5.16 Å². The Balaban J connectivity index is 2.91. The molecule has 0 aliphatic rings. The Morgan fingerprint density at radius 2 is 1.57 bits per heavy atom. The van der Waals surface area contributed by atoms with Crippen LogP contribution in [0.25, 0.3) is 0 Å². The molecule has 1 aromatic rings. The number of esters is 2. The molecule has 1 rings (SSSR count). The fourth-order valence-electron chi connectivity index (χ4n) is 1.58. The number of carbonyl (C=O) groups is 2. The molecule has 166 valence electrons. The predicted molar refractivity (Wildman–Crippen MR) is 90.7 cm³/mol. The summed E-state index contributed by atoms with van der Waals surface area (Å²) < 4.78 is 102. The van der Waals surface area contributed by atoms with E-state index in [0.29, 0.717) is 0 Å². The summed E-state index contributed by atoms with van der Waals surface area (Å²) in [5.74, 6) is -3.60. The van der Waals surface area contributed by atoms with Gasteiger partial charge in [0.05, 0.1) is 0 Å². The average molecular weight is 459 g/mol. The van der Waals surface area contributed by atoms with Crippen LogP contribution in [-0.4, -0.2) is 50.7 Å². The summed E-state index contributed by atoms with van der Waals surface area (Å²) in [5.41, 5.74) is -2.65. The van der Waals surface area contributed by atoms with Crippen LogP contribution < -0.4 is 0 Å². The molecule has 0 bridgehead atoms. The third-order valence-corrected chi connectivity index (χ3v) is 4.06. The minimum Gasteiger partial charge on any atom is -0.459 e. The molecule has 0 saturated heterocycles. The molecule has 0 amide bonds. The van der Waals surface area contributed by atoms with Crippen LogP contribution in [0.4, 0.5) is 22.0 Å². The number of hydrogen-bond donors (Lipinski definition) is 0. The summed E-state index contributed by atoms with van der Waals surface area (Å²) in [5, 5.41) is -3.14. The lowest BCUT2D eigenvalue weighted by Gasteiger charge is -2.15. The van der Waals surface area contributed by atoms with E-state index in [1.165, 1.54) is 13.0 Å². The summed E-state index contributed by atoms with van der Waals surface area (Å²) in [6, 6.07) is 5.39. The van der Waals surface area contributed by atoms with Crippen LogP contribution in [0.2, 0.25) is 0 Å². The van der Waals surface area contributed by atoms with Crippen molar-refractivity contribution in [2.75, 3.05) is 13.2 Å². The van der Waals surface area contributed by atoms with E-state index in [0.717, 1.165) is 24.3 Å². The number of benzene rings is 1. The topological polar surface area (TPSA) is 108 Å². The molecule has 8 nitrogen and oxygen atoms in total. The Labute approximate surface area is 167 Å². The van der Waals surface area contributed by atoms with Crippen molar-refractivity contribution in [2.45, 2.75) is 18.4 Å². The molecule has 0 fully saturated rings. The van der Waals surface area contributed by atoms with Gasteiger partial charge in [-0.15, -0.1) is 0 Å². The van der Waals surface area contributed by atoms with Gasteiger partial charge in [0, 0.05) is 11.1 Å². The number of carbonyl (C=O) groups excluding carboxylic acids is 2. The second-order valence-electron chi connectivity index (χ2n) is 5.40. The van der Waals surface area contributed by atoms with Crippen molar-refractivity contribution >= 4 is 27.8 Å². The Morgan fingerprint density at radius 3 is 2.07 bits per heavy atom. The monoisotopic (exact) mass is 459 g/mol. The van der Waals surface area contributed by atoms with Gasteiger partial charge in [-0.05, 0) is 6.92 Å². The number of hydrogen-bond acceptors (Lipinski definition) is 8. The van der Waals surface area contributed by atoms with Crippen molar-refractivity contribution in [1.82, 2.24) is 0 Å². The molecule has 0 N–H and O–H groups in total. The minimum atomic E-state index is -6.31. The number of ether oxygens (including phenoxy) is 2. The van der Waals surface area contributed by atoms with E-state index in [-0.39, 0.29) is 5.57 Å². The maximum Gasteiger partial charge on any atom is 0.478 e. The third-order valence-electron chi connectivity index (χ3n) is 2.99. The summed E-state index contributed by atoms with van der Waals surface area (Å²) in [6.45, 7) is 2.82. The molecule has 1 aromatic carbocycles. The lowest BCUT2D eigenvalue weighted by Crippen LogP contribution is -2.40. The van der Waals surface area contributed by atoms with Crippen molar-refractivity contribution in [3.05, 3.63) is 48.0 Å². The lowest BCUT2D eigenvalue weighted by atomic mass is 10.1. The first-order valence-electron chi connectivity index (χ1n) is 7.71. The summed E-state index contributed by atoms with van der Waals surface area (Å²) in [6.07, 6.45) is -5.26. The van der Waals surface area contributed by atoms with Crippen LogP contribution in [-0.2, 0) is 33.5 Å². The van der Waals surface area contributed by atoms with Crippen LogP contribution >= 0.6 is 0 Å². The van der Waals surface area contributed by atoms with Crippen LogP contribution in [0.1, 0.15) is 12.5 Å². The maximum absolute atomic E-state index is 13.8. The fourth-order valence-corrected chi connectivity index (χ4v) is 2.10. The van der Waals surface area contributed by atoms with Gasteiger partial charge in [-0.3, -0.25) is 4.28 Å². The zero-order chi connectivity index (χ0) is 23.2. The highest BCUT2D eigenvalue weighted by atomic mass is 32.2. The van der Waals surface area contributed by atoms with Crippen LogP contribution in [0.5, 0.6) is 0 Å². The smallest absolute Gasteiger partial charge is 0.459 e. The average Bonchev–Trinajstić information content (AvgIpc) is 2.64. The molecule has 0 saturated carbocycles. The zero-order valence-electron chi connectivity index (χ0n) is 15.1. The summed E-state index contributed by atoms with van der Waals surface area (Å²) in [7, 11) is -6.31. The highest BCUT2D eigenvalue weighted by Crippen LogP contribution is 2.28. The zero-order valence-corrected chi connectivity index (χ0v) is 15.9. The van der Waals surface area contributed by atoms with E-state index < -0.39 is 58.0 Å². The molecule has 0 aromatic heterocycles. The number of alkyl halides is 5. The van der Waals surface area contributed by atoms with Crippen molar-refractivity contribution < 1.29 is 53.7 Å². The lowest BCUT2D eigenvalue weighted by molar-refractivity contribution is -0.164. The van der Waals surface area contributed by atoms with Gasteiger partial charge in [0.15, 0.2) is 5.71 Å². The second-order valence-corrected chi connectivity index (χ2v) is 6.97. The van der Waals surface area contributed by atoms with Crippen molar-refractivity contribution in [1.29, 1.82) is 0 Å². The Hall–Kier alpha value is -3.03. The van der Waals surface area contributed by atoms with E-state index in [2.05, 4.69) is 25.5 Å². The first kappa shape index (κ1) is 25.0. The van der Waals surface area contributed by atoms with Crippen molar-refractivity contribution in [3.63, 3.8) is 0 Å².